The van der Waals surface area contributed by atoms with E-state index in [0.29, 0.717) is 0 Å². The first kappa shape index (κ1) is 15.1. The molecule has 2 heterocycles. The number of nitrogens with zero attached hydrogens (tertiary/aromatic N) is 1. The summed E-state index contributed by atoms with van der Waals surface area (Å²) in [7, 11) is 0. The van der Waals surface area contributed by atoms with Crippen LogP contribution in [-0.2, 0) is 5.41 Å². The molecule has 1 aromatic heterocycles. The Balaban J connectivity index is 1.77. The van der Waals surface area contributed by atoms with Crippen LogP contribution in [0, 0.1) is 0 Å². The van der Waals surface area contributed by atoms with E-state index in [2.05, 4.69) is 50.4 Å². The van der Waals surface area contributed by atoms with Crippen LogP contribution >= 0.6 is 0 Å². The molecule has 0 amide bonds. The third-order valence-corrected chi connectivity index (χ3v) is 4.49. The maximum absolute atomic E-state index is 11.8. The summed E-state index contributed by atoms with van der Waals surface area (Å²) >= 11 is 0. The molecule has 0 aliphatic carbocycles. The highest BCUT2D eigenvalue weighted by molar-refractivity contribution is 5.29. The molecule has 0 spiro atoms. The van der Waals surface area contributed by atoms with E-state index >= 15 is 0 Å². The fourth-order valence-corrected chi connectivity index (χ4v) is 3.13. The smallest absolute Gasteiger partial charge is 0.282 e. The van der Waals surface area contributed by atoms with E-state index < -0.39 is 0 Å². The lowest BCUT2D eigenvalue weighted by Gasteiger charge is -2.30. The van der Waals surface area contributed by atoms with E-state index in [1.807, 2.05) is 0 Å². The summed E-state index contributed by atoms with van der Waals surface area (Å²) in [4.78, 5) is 11.8. The Labute approximate surface area is 131 Å². The van der Waals surface area contributed by atoms with Gasteiger partial charge in [0, 0.05) is 12.1 Å². The topological polar surface area (TPSA) is 47.2 Å². The number of benzene rings is 1. The van der Waals surface area contributed by atoms with Crippen molar-refractivity contribution >= 4 is 0 Å². The minimum atomic E-state index is -0.0475. The summed E-state index contributed by atoms with van der Waals surface area (Å²) in [6.45, 7) is 7.56. The molecule has 2 atom stereocenters. The standard InChI is InChI=1S/C18H24N2O2/c1-18(2,3)14-6-4-13(5-7-14)16-12-15(8-10-19-16)20-17(21)9-11-22-20/h4-7,9,11,15-16,19H,8,10,12H2,1-3H3/t15-,16-/m0/s1. The van der Waals surface area contributed by atoms with Crippen LogP contribution in [0.2, 0.25) is 0 Å². The fraction of sp³-hybridized carbons (Fsp3) is 0.500. The second-order valence-electron chi connectivity index (χ2n) is 7.13. The Bertz CT molecular complexity index is 676. The van der Waals surface area contributed by atoms with Crippen molar-refractivity contribution in [3.05, 3.63) is 58.1 Å². The highest BCUT2D eigenvalue weighted by Gasteiger charge is 2.26. The van der Waals surface area contributed by atoms with Crippen molar-refractivity contribution in [2.75, 3.05) is 6.54 Å². The van der Waals surface area contributed by atoms with Crippen molar-refractivity contribution in [2.24, 2.45) is 0 Å². The Hall–Kier alpha value is -1.81. The van der Waals surface area contributed by atoms with Crippen LogP contribution in [0.4, 0.5) is 0 Å². The van der Waals surface area contributed by atoms with Gasteiger partial charge in [0.2, 0.25) is 0 Å². The number of hydrogen-bond donors (Lipinski definition) is 1. The summed E-state index contributed by atoms with van der Waals surface area (Å²) in [6.07, 6.45) is 3.27. The van der Waals surface area contributed by atoms with E-state index in [4.69, 9.17) is 4.52 Å². The molecule has 4 heteroatoms. The van der Waals surface area contributed by atoms with Gasteiger partial charge in [-0.1, -0.05) is 45.0 Å². The van der Waals surface area contributed by atoms with Gasteiger partial charge in [0.15, 0.2) is 0 Å². The number of hydrogen-bond acceptors (Lipinski definition) is 3. The first-order chi connectivity index (χ1) is 10.4. The molecule has 0 radical (unpaired) electrons. The van der Waals surface area contributed by atoms with Gasteiger partial charge in [0.1, 0.15) is 6.26 Å². The van der Waals surface area contributed by atoms with Crippen molar-refractivity contribution in [2.45, 2.75) is 51.1 Å². The number of rotatable bonds is 2. The molecule has 0 unspecified atom stereocenters. The predicted molar refractivity (Wildman–Crippen MR) is 87.1 cm³/mol. The lowest BCUT2D eigenvalue weighted by Crippen LogP contribution is -2.35. The van der Waals surface area contributed by atoms with E-state index in [-0.39, 0.29) is 23.1 Å². The van der Waals surface area contributed by atoms with E-state index in [1.54, 1.807) is 0 Å². The first-order valence-electron chi connectivity index (χ1n) is 7.95. The van der Waals surface area contributed by atoms with Crippen molar-refractivity contribution in [3.63, 3.8) is 0 Å². The molecule has 1 fully saturated rings. The molecule has 1 aliphatic heterocycles. The first-order valence-corrected chi connectivity index (χ1v) is 7.95. The summed E-state index contributed by atoms with van der Waals surface area (Å²) in [5.74, 6) is 0. The van der Waals surface area contributed by atoms with Crippen LogP contribution in [0.5, 0.6) is 0 Å². The quantitative estimate of drug-likeness (QED) is 0.924. The highest BCUT2D eigenvalue weighted by atomic mass is 16.5. The Morgan fingerprint density at radius 1 is 1.18 bits per heavy atom. The van der Waals surface area contributed by atoms with E-state index in [1.165, 1.54) is 28.2 Å². The van der Waals surface area contributed by atoms with Crippen LogP contribution in [0.15, 0.2) is 45.9 Å². The lowest BCUT2D eigenvalue weighted by atomic mass is 9.85. The summed E-state index contributed by atoms with van der Waals surface area (Å²) in [5, 5.41) is 3.55. The molecule has 0 saturated carbocycles. The average Bonchev–Trinajstić information content (AvgIpc) is 2.93. The van der Waals surface area contributed by atoms with Gasteiger partial charge in [-0.05, 0) is 35.9 Å². The molecule has 22 heavy (non-hydrogen) atoms. The van der Waals surface area contributed by atoms with Gasteiger partial charge in [0.25, 0.3) is 5.56 Å². The summed E-state index contributed by atoms with van der Waals surface area (Å²) < 4.78 is 6.84. The van der Waals surface area contributed by atoms with E-state index in [9.17, 15) is 4.79 Å². The second-order valence-corrected chi connectivity index (χ2v) is 7.13. The van der Waals surface area contributed by atoms with E-state index in [0.717, 1.165) is 19.4 Å². The summed E-state index contributed by atoms with van der Waals surface area (Å²) in [5.41, 5.74) is 2.74. The van der Waals surface area contributed by atoms with Crippen molar-refractivity contribution in [1.29, 1.82) is 0 Å². The fourth-order valence-electron chi connectivity index (χ4n) is 3.13. The molecule has 3 rings (SSSR count). The molecular weight excluding hydrogens is 276 g/mol. The van der Waals surface area contributed by atoms with Gasteiger partial charge in [0.05, 0.1) is 6.04 Å². The highest BCUT2D eigenvalue weighted by Crippen LogP contribution is 2.31. The molecule has 1 saturated heterocycles. The summed E-state index contributed by atoms with van der Waals surface area (Å²) in [6, 6.07) is 10.7. The van der Waals surface area contributed by atoms with Gasteiger partial charge in [-0.3, -0.25) is 4.79 Å². The largest absolute Gasteiger partial charge is 0.384 e. The zero-order chi connectivity index (χ0) is 15.7. The number of aromatic nitrogens is 1. The van der Waals surface area contributed by atoms with Gasteiger partial charge in [-0.15, -0.1) is 0 Å². The third-order valence-electron chi connectivity index (χ3n) is 4.49. The van der Waals surface area contributed by atoms with Crippen LogP contribution in [0.3, 0.4) is 0 Å². The minimum absolute atomic E-state index is 0.0475. The Morgan fingerprint density at radius 2 is 1.91 bits per heavy atom. The van der Waals surface area contributed by atoms with Crippen LogP contribution in [0.25, 0.3) is 0 Å². The molecule has 4 nitrogen and oxygen atoms in total. The SMILES string of the molecule is CC(C)(C)c1ccc([C@@H]2C[C@@H](n3occc3=O)CCN2)cc1. The number of piperidine rings is 1. The monoisotopic (exact) mass is 300 g/mol. The van der Waals surface area contributed by atoms with Gasteiger partial charge in [-0.2, -0.15) is 4.74 Å². The molecule has 0 bridgehead atoms. The molecular formula is C18H24N2O2. The van der Waals surface area contributed by atoms with Gasteiger partial charge >= 0.3 is 0 Å². The third kappa shape index (κ3) is 3.02. The van der Waals surface area contributed by atoms with Gasteiger partial charge < -0.3 is 9.84 Å². The maximum Gasteiger partial charge on any atom is 0.282 e. The molecule has 1 N–H and O–H groups in total. The Morgan fingerprint density at radius 3 is 2.50 bits per heavy atom. The molecule has 1 aliphatic rings. The minimum Gasteiger partial charge on any atom is -0.384 e. The van der Waals surface area contributed by atoms with Crippen molar-refractivity contribution in [3.8, 4) is 0 Å². The molecule has 2 aromatic rings. The van der Waals surface area contributed by atoms with Crippen molar-refractivity contribution < 1.29 is 4.52 Å². The van der Waals surface area contributed by atoms with Crippen LogP contribution < -0.4 is 10.9 Å². The second kappa shape index (κ2) is 5.76. The predicted octanol–water partition coefficient (Wildman–Crippen LogP) is 3.40. The molecule has 118 valence electrons. The maximum atomic E-state index is 11.8. The molecule has 1 aromatic carbocycles. The average molecular weight is 300 g/mol. The number of nitrogens with one attached hydrogen (secondary N) is 1. The zero-order valence-corrected chi connectivity index (χ0v) is 13.5. The zero-order valence-electron chi connectivity index (χ0n) is 13.5. The lowest BCUT2D eigenvalue weighted by molar-refractivity contribution is 0.161. The van der Waals surface area contributed by atoms with Crippen LogP contribution in [-0.4, -0.2) is 11.3 Å². The van der Waals surface area contributed by atoms with Crippen molar-refractivity contribution in [1.82, 2.24) is 10.1 Å². The normalized spacial score (nSPS) is 22.7. The Kier molecular flexibility index (Phi) is 3.96. The van der Waals surface area contributed by atoms with Gasteiger partial charge in [-0.25, -0.2) is 0 Å². The van der Waals surface area contributed by atoms with Crippen LogP contribution in [0.1, 0.15) is 56.8 Å².